The van der Waals surface area contributed by atoms with Gasteiger partial charge in [-0.15, -0.1) is 0 Å². The van der Waals surface area contributed by atoms with E-state index in [0.29, 0.717) is 11.4 Å². The SMILES string of the molecule is O[C@H](/C(=N/N=C(/c1ccccc1)[C@H](O)c1ccccc1)c1ccccc1)c1ccccc1. The molecule has 0 amide bonds. The Morgan fingerprint density at radius 2 is 0.719 bits per heavy atom. The summed E-state index contributed by atoms with van der Waals surface area (Å²) in [6.45, 7) is 0. The van der Waals surface area contributed by atoms with Crippen LogP contribution in [0.1, 0.15) is 34.5 Å². The van der Waals surface area contributed by atoms with Crippen molar-refractivity contribution in [2.24, 2.45) is 10.2 Å². The topological polar surface area (TPSA) is 65.2 Å². The van der Waals surface area contributed by atoms with Crippen LogP contribution in [-0.4, -0.2) is 21.6 Å². The molecule has 0 aromatic heterocycles. The van der Waals surface area contributed by atoms with Crippen LogP contribution in [0, 0.1) is 0 Å². The first kappa shape index (κ1) is 21.4. The maximum atomic E-state index is 11.1. The monoisotopic (exact) mass is 420 g/mol. The van der Waals surface area contributed by atoms with Crippen LogP contribution in [0.3, 0.4) is 0 Å². The van der Waals surface area contributed by atoms with Gasteiger partial charge < -0.3 is 10.2 Å². The predicted octanol–water partition coefficient (Wildman–Crippen LogP) is 5.35. The van der Waals surface area contributed by atoms with E-state index < -0.39 is 12.2 Å². The fourth-order valence-corrected chi connectivity index (χ4v) is 3.45. The molecule has 4 aromatic carbocycles. The first-order valence-electron chi connectivity index (χ1n) is 10.5. The van der Waals surface area contributed by atoms with Crippen molar-refractivity contribution in [1.82, 2.24) is 0 Å². The second-order valence-electron chi connectivity index (χ2n) is 7.33. The molecule has 4 aromatic rings. The Bertz CT molecular complexity index is 1080. The van der Waals surface area contributed by atoms with Crippen molar-refractivity contribution in [3.8, 4) is 0 Å². The van der Waals surface area contributed by atoms with E-state index in [1.807, 2.05) is 121 Å². The maximum Gasteiger partial charge on any atom is 0.123 e. The van der Waals surface area contributed by atoms with E-state index in [1.165, 1.54) is 0 Å². The summed E-state index contributed by atoms with van der Waals surface area (Å²) in [7, 11) is 0. The molecule has 0 aliphatic rings. The average molecular weight is 421 g/mol. The van der Waals surface area contributed by atoms with E-state index in [0.717, 1.165) is 22.3 Å². The van der Waals surface area contributed by atoms with Crippen LogP contribution in [-0.2, 0) is 0 Å². The zero-order chi connectivity index (χ0) is 22.2. The third kappa shape index (κ3) is 5.06. The summed E-state index contributed by atoms with van der Waals surface area (Å²) in [5.74, 6) is 0. The van der Waals surface area contributed by atoms with E-state index in [4.69, 9.17) is 0 Å². The van der Waals surface area contributed by atoms with Crippen molar-refractivity contribution in [2.75, 3.05) is 0 Å². The summed E-state index contributed by atoms with van der Waals surface area (Å²) >= 11 is 0. The molecule has 0 heterocycles. The van der Waals surface area contributed by atoms with Crippen molar-refractivity contribution >= 4 is 11.4 Å². The lowest BCUT2D eigenvalue weighted by molar-refractivity contribution is 0.245. The molecule has 32 heavy (non-hydrogen) atoms. The van der Waals surface area contributed by atoms with Gasteiger partial charge >= 0.3 is 0 Å². The third-order valence-electron chi connectivity index (χ3n) is 5.15. The van der Waals surface area contributed by atoms with Crippen molar-refractivity contribution in [2.45, 2.75) is 12.2 Å². The van der Waals surface area contributed by atoms with Crippen molar-refractivity contribution < 1.29 is 10.2 Å². The normalized spacial score (nSPS) is 14.1. The minimum absolute atomic E-state index is 0.408. The molecule has 0 aliphatic carbocycles. The van der Waals surface area contributed by atoms with Gasteiger partial charge in [-0.25, -0.2) is 0 Å². The second kappa shape index (κ2) is 10.4. The van der Waals surface area contributed by atoms with Gasteiger partial charge in [-0.1, -0.05) is 121 Å². The Hall–Kier alpha value is -3.86. The molecule has 0 saturated heterocycles. The highest BCUT2D eigenvalue weighted by Gasteiger charge is 2.20. The average Bonchev–Trinajstić information content (AvgIpc) is 2.88. The number of hydrogen-bond acceptors (Lipinski definition) is 4. The standard InChI is InChI=1S/C28H24N2O2/c31-27(23-17-9-3-10-18-23)25(21-13-5-1-6-14-21)29-30-26(22-15-7-2-8-16-22)28(32)24-19-11-4-12-20-24/h1-20,27-28,31-32H/b29-25-,30-26+/t27-,28+/m1/s1. The lowest BCUT2D eigenvalue weighted by Crippen LogP contribution is -2.16. The maximum absolute atomic E-state index is 11.1. The third-order valence-corrected chi connectivity index (χ3v) is 5.15. The van der Waals surface area contributed by atoms with Crippen molar-refractivity contribution in [3.63, 3.8) is 0 Å². The van der Waals surface area contributed by atoms with Crippen LogP contribution in [0.5, 0.6) is 0 Å². The summed E-state index contributed by atoms with van der Waals surface area (Å²) in [6, 6.07) is 37.6. The smallest absolute Gasteiger partial charge is 0.123 e. The van der Waals surface area contributed by atoms with Crippen molar-refractivity contribution in [1.29, 1.82) is 0 Å². The van der Waals surface area contributed by atoms with E-state index in [-0.39, 0.29) is 0 Å². The van der Waals surface area contributed by atoms with Gasteiger partial charge in [0.2, 0.25) is 0 Å². The van der Waals surface area contributed by atoms with Crippen LogP contribution in [0.25, 0.3) is 0 Å². The largest absolute Gasteiger partial charge is 0.382 e. The molecule has 0 radical (unpaired) electrons. The lowest BCUT2D eigenvalue weighted by atomic mass is 9.99. The highest BCUT2D eigenvalue weighted by atomic mass is 16.3. The highest BCUT2D eigenvalue weighted by molar-refractivity contribution is 6.07. The van der Waals surface area contributed by atoms with E-state index in [2.05, 4.69) is 10.2 Å². The van der Waals surface area contributed by atoms with Gasteiger partial charge in [0.25, 0.3) is 0 Å². The molecule has 4 heteroatoms. The Kier molecular flexibility index (Phi) is 6.98. The van der Waals surface area contributed by atoms with E-state index in [9.17, 15) is 10.2 Å². The second-order valence-corrected chi connectivity index (χ2v) is 7.33. The summed E-state index contributed by atoms with van der Waals surface area (Å²) in [5, 5.41) is 31.2. The Labute approximate surface area is 187 Å². The molecule has 0 unspecified atom stereocenters. The first-order chi connectivity index (χ1) is 15.7. The Balaban J connectivity index is 1.82. The molecule has 2 N–H and O–H groups in total. The number of nitrogens with zero attached hydrogens (tertiary/aromatic N) is 2. The van der Waals surface area contributed by atoms with Crippen LogP contribution in [0.2, 0.25) is 0 Å². The summed E-state index contributed by atoms with van der Waals surface area (Å²) in [5.41, 5.74) is 3.77. The van der Waals surface area contributed by atoms with Gasteiger partial charge in [-0.05, 0) is 11.1 Å². The molecule has 0 bridgehead atoms. The van der Waals surface area contributed by atoms with Crippen LogP contribution < -0.4 is 0 Å². The molecule has 158 valence electrons. The molecular formula is C28H24N2O2. The Morgan fingerprint density at radius 1 is 0.438 bits per heavy atom. The van der Waals surface area contributed by atoms with Gasteiger partial charge in [0, 0.05) is 11.1 Å². The van der Waals surface area contributed by atoms with Crippen LogP contribution >= 0.6 is 0 Å². The minimum Gasteiger partial charge on any atom is -0.382 e. The molecule has 0 spiro atoms. The van der Waals surface area contributed by atoms with Crippen LogP contribution in [0.15, 0.2) is 132 Å². The van der Waals surface area contributed by atoms with Crippen LogP contribution in [0.4, 0.5) is 0 Å². The molecule has 0 saturated carbocycles. The molecule has 2 atom stereocenters. The van der Waals surface area contributed by atoms with E-state index >= 15 is 0 Å². The molecule has 4 nitrogen and oxygen atoms in total. The summed E-state index contributed by atoms with van der Waals surface area (Å²) < 4.78 is 0. The number of aliphatic hydroxyl groups is 2. The number of benzene rings is 4. The summed E-state index contributed by atoms with van der Waals surface area (Å²) in [6.07, 6.45) is -1.93. The predicted molar refractivity (Wildman–Crippen MR) is 129 cm³/mol. The number of rotatable bonds is 7. The number of hydrogen-bond donors (Lipinski definition) is 2. The molecule has 4 rings (SSSR count). The van der Waals surface area contributed by atoms with Crippen molar-refractivity contribution in [3.05, 3.63) is 144 Å². The molecule has 0 fully saturated rings. The minimum atomic E-state index is -0.965. The van der Waals surface area contributed by atoms with E-state index in [1.54, 1.807) is 0 Å². The molecular weight excluding hydrogens is 396 g/mol. The van der Waals surface area contributed by atoms with Gasteiger partial charge in [0.1, 0.15) is 23.6 Å². The fourth-order valence-electron chi connectivity index (χ4n) is 3.45. The Morgan fingerprint density at radius 3 is 1.03 bits per heavy atom. The quantitative estimate of drug-likeness (QED) is 0.313. The fraction of sp³-hybridized carbons (Fsp3) is 0.0714. The van der Waals surface area contributed by atoms with Gasteiger partial charge in [0.15, 0.2) is 0 Å². The van der Waals surface area contributed by atoms with Gasteiger partial charge in [-0.2, -0.15) is 10.2 Å². The molecule has 0 aliphatic heterocycles. The first-order valence-corrected chi connectivity index (χ1v) is 10.5. The van der Waals surface area contributed by atoms with Gasteiger partial charge in [0.05, 0.1) is 0 Å². The summed E-state index contributed by atoms with van der Waals surface area (Å²) in [4.78, 5) is 0. The highest BCUT2D eigenvalue weighted by Crippen LogP contribution is 2.22. The zero-order valence-corrected chi connectivity index (χ0v) is 17.5. The zero-order valence-electron chi connectivity index (χ0n) is 17.5. The number of aliphatic hydroxyl groups excluding tert-OH is 2. The van der Waals surface area contributed by atoms with Gasteiger partial charge in [-0.3, -0.25) is 0 Å². The lowest BCUT2D eigenvalue weighted by Gasteiger charge is -2.16.